The van der Waals surface area contributed by atoms with Crippen molar-refractivity contribution in [1.29, 1.82) is 0 Å². The van der Waals surface area contributed by atoms with E-state index in [2.05, 4.69) is 5.32 Å². The van der Waals surface area contributed by atoms with Gasteiger partial charge in [0.15, 0.2) is 0 Å². The van der Waals surface area contributed by atoms with Gasteiger partial charge in [-0.15, -0.1) is 0 Å². The summed E-state index contributed by atoms with van der Waals surface area (Å²) in [6.45, 7) is -0.148. The van der Waals surface area contributed by atoms with Crippen molar-refractivity contribution in [1.82, 2.24) is 0 Å². The Morgan fingerprint density at radius 3 is 2.23 bits per heavy atom. The summed E-state index contributed by atoms with van der Waals surface area (Å²) in [5.74, 6) is 1.97. The number of anilines is 1. The minimum absolute atomic E-state index is 0.148. The average molecular weight is 454 g/mol. The van der Waals surface area contributed by atoms with Gasteiger partial charge in [0, 0.05) is 32.9 Å². The zero-order chi connectivity index (χ0) is 21.8. The van der Waals surface area contributed by atoms with E-state index in [4.69, 9.17) is 37.1 Å². The third kappa shape index (κ3) is 5.27. The highest BCUT2D eigenvalue weighted by Crippen LogP contribution is 2.29. The number of furan rings is 2. The van der Waals surface area contributed by atoms with Crippen molar-refractivity contribution in [3.63, 3.8) is 0 Å². The predicted octanol–water partition coefficient (Wildman–Crippen LogP) is 6.66. The molecule has 5 nitrogen and oxygen atoms in total. The molecule has 0 aliphatic rings. The van der Waals surface area contributed by atoms with Crippen molar-refractivity contribution in [3.8, 4) is 22.6 Å². The standard InChI is InChI=1S/C24H17Cl2NO4/c25-17-11-16(12-18(26)13-17)23-8-5-20(30-23)7-10-24(29)27-19-3-1-15(2-4-19)22-9-6-21(14-28)31-22/h1-13,28H,14H2,(H,27,29)/b10-7+. The molecule has 156 valence electrons. The van der Waals surface area contributed by atoms with Crippen LogP contribution in [0.4, 0.5) is 5.69 Å². The van der Waals surface area contributed by atoms with Gasteiger partial charge in [0.05, 0.1) is 0 Å². The number of rotatable bonds is 6. The van der Waals surface area contributed by atoms with Gasteiger partial charge in [0.2, 0.25) is 5.91 Å². The quantitative estimate of drug-likeness (QED) is 0.320. The number of carbonyl (C=O) groups is 1. The summed E-state index contributed by atoms with van der Waals surface area (Å²) in [7, 11) is 0. The van der Waals surface area contributed by atoms with Gasteiger partial charge in [0.25, 0.3) is 0 Å². The van der Waals surface area contributed by atoms with Gasteiger partial charge in [-0.3, -0.25) is 4.79 Å². The molecule has 0 atom stereocenters. The molecule has 0 bridgehead atoms. The number of hydrogen-bond donors (Lipinski definition) is 2. The maximum atomic E-state index is 12.2. The molecule has 0 saturated heterocycles. The lowest BCUT2D eigenvalue weighted by Crippen LogP contribution is -2.07. The van der Waals surface area contributed by atoms with Crippen LogP contribution in [0.2, 0.25) is 10.0 Å². The van der Waals surface area contributed by atoms with E-state index in [9.17, 15) is 4.79 Å². The van der Waals surface area contributed by atoms with Crippen LogP contribution in [-0.2, 0) is 11.4 Å². The van der Waals surface area contributed by atoms with Gasteiger partial charge < -0.3 is 19.3 Å². The molecule has 2 N–H and O–H groups in total. The number of benzene rings is 2. The Morgan fingerprint density at radius 2 is 1.55 bits per heavy atom. The first kappa shape index (κ1) is 21.0. The van der Waals surface area contributed by atoms with E-state index in [1.54, 1.807) is 60.7 Å². The summed E-state index contributed by atoms with van der Waals surface area (Å²) in [4.78, 5) is 12.2. The van der Waals surface area contributed by atoms with E-state index in [0.717, 1.165) is 11.1 Å². The van der Waals surface area contributed by atoms with Crippen molar-refractivity contribution >= 4 is 40.9 Å². The van der Waals surface area contributed by atoms with Crippen molar-refractivity contribution in [3.05, 3.63) is 94.4 Å². The minimum Gasteiger partial charge on any atom is -0.459 e. The summed E-state index contributed by atoms with van der Waals surface area (Å²) < 4.78 is 11.2. The SMILES string of the molecule is O=C(/C=C/c1ccc(-c2cc(Cl)cc(Cl)c2)o1)Nc1ccc(-c2ccc(CO)o2)cc1. The fourth-order valence-corrected chi connectivity index (χ4v) is 3.50. The lowest BCUT2D eigenvalue weighted by Gasteiger charge is -2.03. The fraction of sp³-hybridized carbons (Fsp3) is 0.0417. The Morgan fingerprint density at radius 1 is 0.871 bits per heavy atom. The van der Waals surface area contributed by atoms with Gasteiger partial charge in [-0.2, -0.15) is 0 Å². The maximum absolute atomic E-state index is 12.2. The molecule has 1 amide bonds. The number of carbonyl (C=O) groups excluding carboxylic acids is 1. The first-order valence-corrected chi connectivity index (χ1v) is 10.1. The Balaban J connectivity index is 1.39. The van der Waals surface area contributed by atoms with Crippen LogP contribution in [0, 0.1) is 0 Å². The molecule has 0 aliphatic heterocycles. The number of aliphatic hydroxyl groups excluding tert-OH is 1. The van der Waals surface area contributed by atoms with Crippen LogP contribution in [-0.4, -0.2) is 11.0 Å². The molecule has 0 radical (unpaired) electrons. The van der Waals surface area contributed by atoms with Crippen LogP contribution in [0.25, 0.3) is 28.7 Å². The topological polar surface area (TPSA) is 75.6 Å². The minimum atomic E-state index is -0.294. The van der Waals surface area contributed by atoms with Crippen LogP contribution in [0.15, 0.2) is 81.6 Å². The van der Waals surface area contributed by atoms with E-state index in [-0.39, 0.29) is 12.5 Å². The average Bonchev–Trinajstić information content (AvgIpc) is 3.42. The van der Waals surface area contributed by atoms with Crippen molar-refractivity contribution in [2.24, 2.45) is 0 Å². The molecule has 2 aromatic heterocycles. The molecule has 0 aliphatic carbocycles. The lowest BCUT2D eigenvalue weighted by molar-refractivity contribution is -0.111. The molecular weight excluding hydrogens is 437 g/mol. The van der Waals surface area contributed by atoms with Crippen molar-refractivity contribution < 1.29 is 18.7 Å². The molecule has 7 heteroatoms. The Hall–Kier alpha value is -3.25. The molecule has 2 aromatic carbocycles. The monoisotopic (exact) mass is 453 g/mol. The van der Waals surface area contributed by atoms with Crippen LogP contribution in [0.1, 0.15) is 11.5 Å². The molecule has 4 rings (SSSR count). The first-order chi connectivity index (χ1) is 15.0. The second-order valence-electron chi connectivity index (χ2n) is 6.68. The van der Waals surface area contributed by atoms with E-state index >= 15 is 0 Å². The Labute approximate surface area is 188 Å². The second-order valence-corrected chi connectivity index (χ2v) is 7.56. The Kier molecular flexibility index (Phi) is 6.28. The number of hydrogen-bond acceptors (Lipinski definition) is 4. The zero-order valence-corrected chi connectivity index (χ0v) is 17.7. The molecule has 31 heavy (non-hydrogen) atoms. The van der Waals surface area contributed by atoms with Crippen molar-refractivity contribution in [2.45, 2.75) is 6.61 Å². The van der Waals surface area contributed by atoms with Crippen LogP contribution < -0.4 is 5.32 Å². The van der Waals surface area contributed by atoms with Crippen LogP contribution >= 0.6 is 23.2 Å². The molecule has 4 aromatic rings. The van der Waals surface area contributed by atoms with Crippen molar-refractivity contribution in [2.75, 3.05) is 5.32 Å². The second kappa shape index (κ2) is 9.27. The van der Waals surface area contributed by atoms with Crippen LogP contribution in [0.5, 0.6) is 0 Å². The highest BCUT2D eigenvalue weighted by Gasteiger charge is 2.07. The fourth-order valence-electron chi connectivity index (χ4n) is 2.97. The van der Waals surface area contributed by atoms with Gasteiger partial charge in [0.1, 0.15) is 29.6 Å². The van der Waals surface area contributed by atoms with Crippen LogP contribution in [0.3, 0.4) is 0 Å². The normalized spacial score (nSPS) is 11.2. The maximum Gasteiger partial charge on any atom is 0.248 e. The molecule has 2 heterocycles. The lowest BCUT2D eigenvalue weighted by atomic mass is 10.1. The summed E-state index contributed by atoms with van der Waals surface area (Å²) in [6, 6.07) is 19.4. The van der Waals surface area contributed by atoms with E-state index in [1.807, 2.05) is 12.1 Å². The van der Waals surface area contributed by atoms with E-state index in [1.165, 1.54) is 6.08 Å². The molecule has 0 fully saturated rings. The number of halogens is 2. The van der Waals surface area contributed by atoms with Gasteiger partial charge in [-0.25, -0.2) is 0 Å². The van der Waals surface area contributed by atoms with E-state index < -0.39 is 0 Å². The molecule has 0 unspecified atom stereocenters. The largest absolute Gasteiger partial charge is 0.459 e. The van der Waals surface area contributed by atoms with Gasteiger partial charge in [-0.05, 0) is 72.8 Å². The smallest absolute Gasteiger partial charge is 0.248 e. The zero-order valence-electron chi connectivity index (χ0n) is 16.1. The summed E-state index contributed by atoms with van der Waals surface area (Å²) in [5.41, 5.74) is 2.24. The number of nitrogens with one attached hydrogen (secondary N) is 1. The third-order valence-corrected chi connectivity index (χ3v) is 4.86. The first-order valence-electron chi connectivity index (χ1n) is 9.35. The highest BCUT2D eigenvalue weighted by atomic mass is 35.5. The summed E-state index contributed by atoms with van der Waals surface area (Å²) in [6.07, 6.45) is 2.97. The third-order valence-electron chi connectivity index (χ3n) is 4.43. The highest BCUT2D eigenvalue weighted by molar-refractivity contribution is 6.35. The number of aliphatic hydroxyl groups is 1. The predicted molar refractivity (Wildman–Crippen MR) is 122 cm³/mol. The molecular formula is C24H17Cl2NO4. The van der Waals surface area contributed by atoms with Gasteiger partial charge >= 0.3 is 0 Å². The van der Waals surface area contributed by atoms with Gasteiger partial charge in [-0.1, -0.05) is 23.2 Å². The summed E-state index contributed by atoms with van der Waals surface area (Å²) in [5, 5.41) is 12.9. The molecule has 0 saturated carbocycles. The van der Waals surface area contributed by atoms with E-state index in [0.29, 0.717) is 38.8 Å². The number of amides is 1. The Bertz CT molecular complexity index is 1220. The summed E-state index contributed by atoms with van der Waals surface area (Å²) >= 11 is 12.1. The molecule has 0 spiro atoms.